The van der Waals surface area contributed by atoms with Crippen molar-refractivity contribution < 1.29 is 0 Å². The predicted octanol–water partition coefficient (Wildman–Crippen LogP) is 3.13. The first kappa shape index (κ1) is 14.4. The van der Waals surface area contributed by atoms with Crippen LogP contribution in [0, 0.1) is 0 Å². The van der Waals surface area contributed by atoms with E-state index in [1.54, 1.807) is 12.4 Å². The summed E-state index contributed by atoms with van der Waals surface area (Å²) in [6.45, 7) is 0.780. The van der Waals surface area contributed by atoms with E-state index >= 15 is 0 Å². The maximum absolute atomic E-state index is 12.2. The lowest BCUT2D eigenvalue weighted by Crippen LogP contribution is -2.09. The molecule has 0 saturated carbocycles. The van der Waals surface area contributed by atoms with Crippen molar-refractivity contribution in [2.75, 3.05) is 11.9 Å². The normalized spacial score (nSPS) is 11.0. The van der Waals surface area contributed by atoms with Crippen LogP contribution in [0.5, 0.6) is 0 Å². The molecule has 0 aliphatic carbocycles. The average Bonchev–Trinajstić information content (AvgIpc) is 2.63. The second kappa shape index (κ2) is 6.12. The van der Waals surface area contributed by atoms with Crippen molar-refractivity contribution in [2.45, 2.75) is 6.42 Å². The molecule has 0 bridgehead atoms. The first-order valence-electron chi connectivity index (χ1n) is 7.86. The molecule has 0 amide bonds. The van der Waals surface area contributed by atoms with E-state index in [2.05, 4.69) is 20.3 Å². The molecular weight excluding hydrogens is 300 g/mol. The predicted molar refractivity (Wildman–Crippen MR) is 96.3 cm³/mol. The highest BCUT2D eigenvalue weighted by molar-refractivity contribution is 6.05. The molecule has 0 atom stereocenters. The van der Waals surface area contributed by atoms with E-state index in [4.69, 9.17) is 0 Å². The summed E-state index contributed by atoms with van der Waals surface area (Å²) in [5, 5.41) is 5.92. The summed E-state index contributed by atoms with van der Waals surface area (Å²) in [7, 11) is 0. The zero-order valence-corrected chi connectivity index (χ0v) is 13.0. The van der Waals surface area contributed by atoms with Crippen LogP contribution < -0.4 is 10.9 Å². The number of hydrogen-bond donors (Lipinski definition) is 2. The molecule has 4 rings (SSSR count). The van der Waals surface area contributed by atoms with Gasteiger partial charge in [-0.15, -0.1) is 0 Å². The minimum atomic E-state index is -0.115. The summed E-state index contributed by atoms with van der Waals surface area (Å²) >= 11 is 0. The Morgan fingerprint density at radius 1 is 0.917 bits per heavy atom. The van der Waals surface area contributed by atoms with Crippen LogP contribution in [0.3, 0.4) is 0 Å². The number of hydrogen-bond acceptors (Lipinski definition) is 4. The molecule has 118 valence electrons. The molecule has 5 heteroatoms. The third-order valence-electron chi connectivity index (χ3n) is 4.03. The number of H-pyrrole nitrogens is 1. The van der Waals surface area contributed by atoms with Crippen molar-refractivity contribution >= 4 is 27.5 Å². The topological polar surface area (TPSA) is 70.7 Å². The lowest BCUT2D eigenvalue weighted by molar-refractivity contribution is 0.962. The van der Waals surface area contributed by atoms with Crippen LogP contribution in [0.4, 0.5) is 5.69 Å². The molecule has 0 aliphatic heterocycles. The molecule has 0 radical (unpaired) electrons. The number of rotatable bonds is 4. The van der Waals surface area contributed by atoms with Crippen LogP contribution in [0.25, 0.3) is 21.8 Å². The molecule has 1 aromatic carbocycles. The Hall–Kier alpha value is -3.21. The fourth-order valence-corrected chi connectivity index (χ4v) is 2.85. The van der Waals surface area contributed by atoms with Gasteiger partial charge in [0, 0.05) is 52.9 Å². The smallest absolute Gasteiger partial charge is 0.257 e. The molecule has 0 saturated heterocycles. The van der Waals surface area contributed by atoms with E-state index in [0.717, 1.165) is 35.1 Å². The first-order chi connectivity index (χ1) is 11.8. The molecule has 0 unspecified atom stereocenters. The quantitative estimate of drug-likeness (QED) is 0.568. The van der Waals surface area contributed by atoms with Crippen LogP contribution in [-0.4, -0.2) is 21.5 Å². The van der Waals surface area contributed by atoms with Crippen molar-refractivity contribution in [2.24, 2.45) is 0 Å². The zero-order valence-electron chi connectivity index (χ0n) is 13.0. The Bertz CT molecular complexity index is 1060. The lowest BCUT2D eigenvalue weighted by atomic mass is 10.1. The van der Waals surface area contributed by atoms with Crippen LogP contribution in [0.1, 0.15) is 5.69 Å². The highest BCUT2D eigenvalue weighted by atomic mass is 16.1. The Balaban J connectivity index is 1.65. The summed E-state index contributed by atoms with van der Waals surface area (Å²) in [4.78, 5) is 23.6. The van der Waals surface area contributed by atoms with Gasteiger partial charge in [0.05, 0.1) is 0 Å². The van der Waals surface area contributed by atoms with E-state index < -0.39 is 0 Å². The van der Waals surface area contributed by atoms with Gasteiger partial charge >= 0.3 is 0 Å². The Morgan fingerprint density at radius 3 is 2.71 bits per heavy atom. The second-order valence-electron chi connectivity index (χ2n) is 5.61. The number of aromatic amines is 1. The largest absolute Gasteiger partial charge is 0.385 e. The number of pyridine rings is 3. The fourth-order valence-electron chi connectivity index (χ4n) is 2.85. The van der Waals surface area contributed by atoms with Crippen LogP contribution in [0.2, 0.25) is 0 Å². The fraction of sp³-hybridized carbons (Fsp3) is 0.105. The number of nitrogens with zero attached hydrogens (tertiary/aromatic N) is 2. The van der Waals surface area contributed by atoms with Crippen molar-refractivity contribution in [1.82, 2.24) is 15.0 Å². The van der Waals surface area contributed by atoms with Gasteiger partial charge in [-0.3, -0.25) is 9.78 Å². The summed E-state index contributed by atoms with van der Waals surface area (Å²) in [5.74, 6) is 0. The first-order valence-corrected chi connectivity index (χ1v) is 7.86. The Kier molecular flexibility index (Phi) is 3.67. The van der Waals surface area contributed by atoms with Crippen molar-refractivity contribution in [3.05, 3.63) is 77.0 Å². The summed E-state index contributed by atoms with van der Waals surface area (Å²) < 4.78 is 0. The molecule has 4 aromatic rings. The van der Waals surface area contributed by atoms with E-state index in [9.17, 15) is 4.79 Å². The van der Waals surface area contributed by atoms with E-state index in [1.165, 1.54) is 0 Å². The Morgan fingerprint density at radius 2 is 1.83 bits per heavy atom. The monoisotopic (exact) mass is 316 g/mol. The maximum atomic E-state index is 12.2. The summed E-state index contributed by atoms with van der Waals surface area (Å²) in [6.07, 6.45) is 4.33. The van der Waals surface area contributed by atoms with Gasteiger partial charge in [-0.05, 0) is 42.5 Å². The molecule has 5 nitrogen and oxygen atoms in total. The molecule has 3 heterocycles. The van der Waals surface area contributed by atoms with Crippen molar-refractivity contribution in [1.29, 1.82) is 0 Å². The van der Waals surface area contributed by atoms with Crippen molar-refractivity contribution in [3.63, 3.8) is 0 Å². The lowest BCUT2D eigenvalue weighted by Gasteiger charge is -2.08. The number of fused-ring (bicyclic) bond motifs is 3. The van der Waals surface area contributed by atoms with Crippen LogP contribution in [0.15, 0.2) is 65.7 Å². The standard InChI is InChI=1S/C19H16N4O/c24-19-16-7-6-14(21-11-8-13-4-1-2-9-20-13)12-17(16)15-5-3-10-22-18(15)23-19/h1-7,9-10,12,21H,8,11H2,(H,22,23,24). The second-order valence-corrected chi connectivity index (χ2v) is 5.61. The molecule has 0 spiro atoms. The summed E-state index contributed by atoms with van der Waals surface area (Å²) in [5.41, 5.74) is 2.53. The summed E-state index contributed by atoms with van der Waals surface area (Å²) in [6, 6.07) is 15.6. The van der Waals surface area contributed by atoms with Crippen LogP contribution >= 0.6 is 0 Å². The molecular formula is C19H16N4O. The van der Waals surface area contributed by atoms with E-state index in [-0.39, 0.29) is 5.56 Å². The number of aromatic nitrogens is 3. The maximum Gasteiger partial charge on any atom is 0.257 e. The number of benzene rings is 1. The van der Waals surface area contributed by atoms with Crippen LogP contribution in [-0.2, 0) is 6.42 Å². The van der Waals surface area contributed by atoms with E-state index in [1.807, 2.05) is 48.5 Å². The van der Waals surface area contributed by atoms with Gasteiger partial charge in [0.1, 0.15) is 5.65 Å². The van der Waals surface area contributed by atoms with Gasteiger partial charge < -0.3 is 10.3 Å². The molecule has 24 heavy (non-hydrogen) atoms. The van der Waals surface area contributed by atoms with Gasteiger partial charge in [-0.2, -0.15) is 0 Å². The zero-order chi connectivity index (χ0) is 16.4. The molecule has 0 fully saturated rings. The molecule has 0 aliphatic rings. The Labute approximate surface area is 138 Å². The minimum Gasteiger partial charge on any atom is -0.385 e. The number of anilines is 1. The van der Waals surface area contributed by atoms with E-state index in [0.29, 0.717) is 11.0 Å². The SMILES string of the molecule is O=c1[nH]c2ncccc2c2cc(NCCc3ccccn3)ccc12. The number of nitrogens with one attached hydrogen (secondary N) is 2. The third-order valence-corrected chi connectivity index (χ3v) is 4.03. The van der Waals surface area contributed by atoms with Crippen molar-refractivity contribution in [3.8, 4) is 0 Å². The van der Waals surface area contributed by atoms with Gasteiger partial charge in [-0.1, -0.05) is 6.07 Å². The third kappa shape index (κ3) is 2.72. The highest BCUT2D eigenvalue weighted by Gasteiger charge is 2.06. The van der Waals surface area contributed by atoms with Gasteiger partial charge in [-0.25, -0.2) is 4.98 Å². The van der Waals surface area contributed by atoms with Gasteiger partial charge in [0.15, 0.2) is 0 Å². The highest BCUT2D eigenvalue weighted by Crippen LogP contribution is 2.23. The van der Waals surface area contributed by atoms with Gasteiger partial charge in [0.25, 0.3) is 5.56 Å². The molecule has 3 aromatic heterocycles. The minimum absolute atomic E-state index is 0.115. The molecule has 2 N–H and O–H groups in total. The van der Waals surface area contributed by atoms with Gasteiger partial charge in [0.2, 0.25) is 0 Å². The average molecular weight is 316 g/mol.